The molecule has 0 spiro atoms. The highest BCUT2D eigenvalue weighted by atomic mass is 35.5. The van der Waals surface area contributed by atoms with Crippen molar-refractivity contribution in [1.29, 1.82) is 0 Å². The molecule has 0 fully saturated rings. The first-order chi connectivity index (χ1) is 9.63. The van der Waals surface area contributed by atoms with Crippen molar-refractivity contribution < 1.29 is 14.6 Å². The zero-order chi connectivity index (χ0) is 14.7. The van der Waals surface area contributed by atoms with Gasteiger partial charge in [-0.05, 0) is 19.3 Å². The van der Waals surface area contributed by atoms with E-state index in [-0.39, 0.29) is 41.7 Å². The van der Waals surface area contributed by atoms with Gasteiger partial charge in [-0.1, -0.05) is 0 Å². The van der Waals surface area contributed by atoms with Crippen LogP contribution in [0.25, 0.3) is 0 Å². The molecule has 0 aliphatic carbocycles. The lowest BCUT2D eigenvalue weighted by Gasteiger charge is -2.19. The van der Waals surface area contributed by atoms with E-state index in [2.05, 4.69) is 0 Å². The van der Waals surface area contributed by atoms with E-state index in [1.165, 1.54) is 13.2 Å². The minimum absolute atomic E-state index is 0.0607. The van der Waals surface area contributed by atoms with Crippen LogP contribution in [0.5, 0.6) is 5.75 Å². The molecule has 6 heteroatoms. The molecule has 0 saturated heterocycles. The topological polar surface area (TPSA) is 68.5 Å². The molecule has 0 saturated carbocycles. The van der Waals surface area contributed by atoms with Crippen molar-refractivity contribution in [3.8, 4) is 5.75 Å². The summed E-state index contributed by atoms with van der Waals surface area (Å²) >= 11 is 5.62. The first-order valence-electron chi connectivity index (χ1n) is 6.66. The van der Waals surface area contributed by atoms with Gasteiger partial charge in [0.2, 0.25) is 5.43 Å². The van der Waals surface area contributed by atoms with Crippen LogP contribution >= 0.6 is 11.6 Å². The molecular weight excluding hydrogens is 282 g/mol. The number of ketones is 1. The van der Waals surface area contributed by atoms with Crippen molar-refractivity contribution in [2.75, 3.05) is 19.6 Å². The number of carbonyl (C=O) groups excluding carboxylic acids is 1. The molecular formula is C14H18ClNO4. The van der Waals surface area contributed by atoms with E-state index in [0.29, 0.717) is 18.7 Å². The number of aliphatic hydroxyl groups is 1. The Morgan fingerprint density at radius 1 is 1.60 bits per heavy atom. The molecule has 1 atom stereocenters. The third-order valence-corrected chi connectivity index (χ3v) is 3.87. The number of alkyl halides is 1. The summed E-state index contributed by atoms with van der Waals surface area (Å²) < 4.78 is 6.89. The smallest absolute Gasteiger partial charge is 0.224 e. The quantitative estimate of drug-likeness (QED) is 0.639. The van der Waals surface area contributed by atoms with E-state index >= 15 is 0 Å². The number of aromatic nitrogens is 1. The lowest BCUT2D eigenvalue weighted by molar-refractivity contribution is 0.0963. The summed E-state index contributed by atoms with van der Waals surface area (Å²) in [5, 5.41) is 9.46. The Bertz CT molecular complexity index is 567. The fourth-order valence-electron chi connectivity index (χ4n) is 2.69. The molecule has 110 valence electrons. The summed E-state index contributed by atoms with van der Waals surface area (Å²) in [7, 11) is 1.38. The van der Waals surface area contributed by atoms with Crippen LogP contribution in [-0.2, 0) is 6.42 Å². The van der Waals surface area contributed by atoms with Crippen molar-refractivity contribution in [2.45, 2.75) is 31.7 Å². The summed E-state index contributed by atoms with van der Waals surface area (Å²) in [4.78, 5) is 24.4. The monoisotopic (exact) mass is 299 g/mol. The van der Waals surface area contributed by atoms with Crippen LogP contribution in [0, 0.1) is 0 Å². The fourth-order valence-corrected chi connectivity index (χ4v) is 2.82. The number of fused-ring (bicyclic) bond motifs is 1. The van der Waals surface area contributed by atoms with Gasteiger partial charge in [0.1, 0.15) is 5.69 Å². The summed E-state index contributed by atoms with van der Waals surface area (Å²) in [6.07, 6.45) is 2.21. The highest BCUT2D eigenvalue weighted by Gasteiger charge is 2.29. The molecule has 1 aliphatic heterocycles. The number of nitrogens with zero attached hydrogens (tertiary/aromatic N) is 1. The number of aryl methyl sites for hydroxylation is 1. The predicted molar refractivity (Wildman–Crippen MR) is 76.0 cm³/mol. The summed E-state index contributed by atoms with van der Waals surface area (Å²) in [6.45, 7) is -0.0607. The Hall–Kier alpha value is -1.33. The van der Waals surface area contributed by atoms with Gasteiger partial charge in [-0.25, -0.2) is 0 Å². The van der Waals surface area contributed by atoms with E-state index in [4.69, 9.17) is 16.3 Å². The molecule has 0 bridgehead atoms. The summed E-state index contributed by atoms with van der Waals surface area (Å²) in [6, 6.07) is 1.32. The highest BCUT2D eigenvalue weighted by Crippen LogP contribution is 2.30. The fraction of sp³-hybridized carbons (Fsp3) is 0.571. The number of methoxy groups -OCH3 is 1. The normalized spacial score (nSPS) is 17.1. The zero-order valence-electron chi connectivity index (χ0n) is 11.4. The average molecular weight is 300 g/mol. The number of carbonyl (C=O) groups is 1. The van der Waals surface area contributed by atoms with Crippen LogP contribution in [0.2, 0.25) is 0 Å². The zero-order valence-corrected chi connectivity index (χ0v) is 12.2. The standard InChI is InChI=1S/C14H18ClNO4/c1-20-14-12(19)7-9-4-5-10(8-17)16(9)13(14)11(18)3-2-6-15/h7,10,17H,2-6,8H2,1H3. The number of ether oxygens (including phenoxy) is 1. The average Bonchev–Trinajstić information content (AvgIpc) is 2.85. The highest BCUT2D eigenvalue weighted by molar-refractivity contribution is 6.18. The van der Waals surface area contributed by atoms with Crippen molar-refractivity contribution in [1.82, 2.24) is 4.57 Å². The number of pyridine rings is 1. The minimum atomic E-state index is -0.286. The third-order valence-electron chi connectivity index (χ3n) is 3.60. The Balaban J connectivity index is 2.57. The number of halogens is 1. The van der Waals surface area contributed by atoms with E-state index in [1.54, 1.807) is 4.57 Å². The Kier molecular flexibility index (Phi) is 4.83. The lowest BCUT2D eigenvalue weighted by Crippen LogP contribution is -2.23. The van der Waals surface area contributed by atoms with Crippen LogP contribution in [-0.4, -0.2) is 35.1 Å². The predicted octanol–water partition coefficient (Wildman–Crippen LogP) is 1.54. The maximum absolute atomic E-state index is 12.4. The van der Waals surface area contributed by atoms with Gasteiger partial charge < -0.3 is 14.4 Å². The molecule has 1 unspecified atom stereocenters. The molecule has 1 aliphatic rings. The molecule has 1 N–H and O–H groups in total. The van der Waals surface area contributed by atoms with Crippen molar-refractivity contribution >= 4 is 17.4 Å². The molecule has 5 nitrogen and oxygen atoms in total. The number of hydrogen-bond donors (Lipinski definition) is 1. The van der Waals surface area contributed by atoms with E-state index in [9.17, 15) is 14.7 Å². The largest absolute Gasteiger partial charge is 0.491 e. The second-order valence-electron chi connectivity index (χ2n) is 4.84. The second kappa shape index (κ2) is 6.41. The SMILES string of the molecule is COc1c(C(=O)CCCCl)n2c(cc1=O)CCC2CO. The van der Waals surface area contributed by atoms with Gasteiger partial charge in [-0.2, -0.15) is 0 Å². The van der Waals surface area contributed by atoms with Crippen molar-refractivity contribution in [3.63, 3.8) is 0 Å². The Morgan fingerprint density at radius 2 is 2.35 bits per heavy atom. The molecule has 2 rings (SSSR count). The van der Waals surface area contributed by atoms with Gasteiger partial charge in [0.05, 0.1) is 19.8 Å². The summed E-state index contributed by atoms with van der Waals surface area (Å²) in [5.41, 5.74) is 0.771. The molecule has 0 aromatic carbocycles. The Morgan fingerprint density at radius 3 is 2.95 bits per heavy atom. The van der Waals surface area contributed by atoms with Gasteiger partial charge in [0.25, 0.3) is 0 Å². The maximum Gasteiger partial charge on any atom is 0.224 e. The molecule has 0 radical (unpaired) electrons. The van der Waals surface area contributed by atoms with Crippen molar-refractivity contribution in [3.05, 3.63) is 27.7 Å². The van der Waals surface area contributed by atoms with Crippen LogP contribution in [0.1, 0.15) is 41.5 Å². The number of hydrogen-bond acceptors (Lipinski definition) is 4. The second-order valence-corrected chi connectivity index (χ2v) is 5.22. The van der Waals surface area contributed by atoms with Crippen LogP contribution in [0.3, 0.4) is 0 Å². The third kappa shape index (κ3) is 2.60. The van der Waals surface area contributed by atoms with E-state index in [0.717, 1.165) is 12.1 Å². The molecule has 2 heterocycles. The summed E-state index contributed by atoms with van der Waals surface area (Å²) in [5.74, 6) is 0.289. The number of Topliss-reactive ketones (excluding diaryl/α,β-unsaturated/α-hetero) is 1. The van der Waals surface area contributed by atoms with Crippen molar-refractivity contribution in [2.24, 2.45) is 0 Å². The first kappa shape index (κ1) is 15.1. The minimum Gasteiger partial charge on any atom is -0.491 e. The molecule has 1 aromatic rings. The molecule has 20 heavy (non-hydrogen) atoms. The Labute approximate surface area is 122 Å². The first-order valence-corrected chi connectivity index (χ1v) is 7.19. The molecule has 1 aromatic heterocycles. The lowest BCUT2D eigenvalue weighted by atomic mass is 10.1. The van der Waals surface area contributed by atoms with Crippen LogP contribution in [0.4, 0.5) is 0 Å². The van der Waals surface area contributed by atoms with E-state index < -0.39 is 0 Å². The van der Waals surface area contributed by atoms with Gasteiger partial charge in [0, 0.05) is 24.1 Å². The van der Waals surface area contributed by atoms with Crippen LogP contribution < -0.4 is 10.2 Å². The van der Waals surface area contributed by atoms with Gasteiger partial charge >= 0.3 is 0 Å². The maximum atomic E-state index is 12.4. The van der Waals surface area contributed by atoms with Gasteiger partial charge in [-0.3, -0.25) is 9.59 Å². The number of rotatable bonds is 6. The van der Waals surface area contributed by atoms with Gasteiger partial charge in [0.15, 0.2) is 11.5 Å². The van der Waals surface area contributed by atoms with E-state index in [1.807, 2.05) is 0 Å². The molecule has 0 amide bonds. The van der Waals surface area contributed by atoms with Crippen LogP contribution in [0.15, 0.2) is 10.9 Å². The number of aliphatic hydroxyl groups excluding tert-OH is 1. The van der Waals surface area contributed by atoms with Gasteiger partial charge in [-0.15, -0.1) is 11.6 Å².